The minimum absolute atomic E-state index is 0.0415. The molecule has 2 rings (SSSR count). The third-order valence-corrected chi connectivity index (χ3v) is 4.77. The van der Waals surface area contributed by atoms with Crippen molar-refractivity contribution in [3.8, 4) is 0 Å². The van der Waals surface area contributed by atoms with Gasteiger partial charge in [-0.05, 0) is 39.2 Å². The van der Waals surface area contributed by atoms with Gasteiger partial charge in [0.25, 0.3) is 0 Å². The fraction of sp³-hybridized carbons (Fsp3) is 0.600. The summed E-state index contributed by atoms with van der Waals surface area (Å²) in [6.45, 7) is 8.84. The molecule has 6 nitrogen and oxygen atoms in total. The average molecular weight is 361 g/mol. The molecule has 26 heavy (non-hydrogen) atoms. The van der Waals surface area contributed by atoms with Crippen molar-refractivity contribution in [2.75, 3.05) is 19.6 Å². The van der Waals surface area contributed by atoms with Crippen LogP contribution in [0.3, 0.4) is 0 Å². The topological polar surface area (TPSA) is 72.9 Å². The number of carbonyl (C=O) groups is 2. The molecule has 1 aromatic carbocycles. The fourth-order valence-electron chi connectivity index (χ4n) is 3.28. The Morgan fingerprint density at radius 3 is 2.35 bits per heavy atom. The van der Waals surface area contributed by atoms with Crippen LogP contribution in [0.25, 0.3) is 0 Å². The Hall–Kier alpha value is -2.08. The maximum Gasteiger partial charge on any atom is 0.318 e. The number of aliphatic carboxylic acids is 1. The van der Waals surface area contributed by atoms with Gasteiger partial charge in [-0.1, -0.05) is 30.3 Å². The highest BCUT2D eigenvalue weighted by Crippen LogP contribution is 2.17. The number of urea groups is 1. The van der Waals surface area contributed by atoms with E-state index in [2.05, 4.69) is 34.5 Å². The van der Waals surface area contributed by atoms with Gasteiger partial charge in [0.15, 0.2) is 0 Å². The molecular weight excluding hydrogens is 330 g/mol. The van der Waals surface area contributed by atoms with E-state index in [-0.39, 0.29) is 25.0 Å². The van der Waals surface area contributed by atoms with Crippen molar-refractivity contribution in [2.24, 2.45) is 0 Å². The lowest BCUT2D eigenvalue weighted by molar-refractivity contribution is -0.137. The SMILES string of the molecule is CC(C)(C)N(CCC(=O)O)C(=O)NC1CCN(Cc2ccccc2)CC1. The van der Waals surface area contributed by atoms with Gasteiger partial charge in [-0.25, -0.2) is 4.79 Å². The second-order valence-electron chi connectivity index (χ2n) is 7.95. The molecule has 1 saturated heterocycles. The number of hydrogen-bond donors (Lipinski definition) is 2. The van der Waals surface area contributed by atoms with Gasteiger partial charge in [0.1, 0.15) is 0 Å². The van der Waals surface area contributed by atoms with Crippen LogP contribution in [0.1, 0.15) is 45.6 Å². The minimum atomic E-state index is -0.888. The molecule has 0 unspecified atom stereocenters. The summed E-state index contributed by atoms with van der Waals surface area (Å²) in [6.07, 6.45) is 1.78. The number of piperidine rings is 1. The van der Waals surface area contributed by atoms with Gasteiger partial charge in [0.05, 0.1) is 6.42 Å². The molecule has 0 aromatic heterocycles. The van der Waals surface area contributed by atoms with Crippen LogP contribution in [0, 0.1) is 0 Å². The van der Waals surface area contributed by atoms with Gasteiger partial charge in [-0.2, -0.15) is 0 Å². The first kappa shape index (κ1) is 20.2. The van der Waals surface area contributed by atoms with Crippen LogP contribution in [0.15, 0.2) is 30.3 Å². The van der Waals surface area contributed by atoms with Crippen LogP contribution in [0.4, 0.5) is 4.79 Å². The Kier molecular flexibility index (Phi) is 7.03. The molecule has 0 spiro atoms. The van der Waals surface area contributed by atoms with E-state index in [4.69, 9.17) is 5.11 Å². The van der Waals surface area contributed by atoms with Gasteiger partial charge in [0.2, 0.25) is 0 Å². The van der Waals surface area contributed by atoms with E-state index < -0.39 is 11.5 Å². The molecular formula is C20H31N3O3. The summed E-state index contributed by atoms with van der Waals surface area (Å²) < 4.78 is 0. The number of nitrogens with zero attached hydrogens (tertiary/aromatic N) is 2. The first-order valence-corrected chi connectivity index (χ1v) is 9.32. The molecule has 0 atom stereocenters. The molecule has 2 N–H and O–H groups in total. The highest BCUT2D eigenvalue weighted by molar-refractivity contribution is 5.76. The summed E-state index contributed by atoms with van der Waals surface area (Å²) >= 11 is 0. The maximum absolute atomic E-state index is 12.7. The highest BCUT2D eigenvalue weighted by atomic mass is 16.4. The Balaban J connectivity index is 1.82. The third kappa shape index (κ3) is 6.33. The smallest absolute Gasteiger partial charge is 0.318 e. The number of hydrogen-bond acceptors (Lipinski definition) is 3. The summed E-state index contributed by atoms with van der Waals surface area (Å²) in [5.41, 5.74) is 0.899. The van der Waals surface area contributed by atoms with E-state index in [1.165, 1.54) is 5.56 Å². The fourth-order valence-corrected chi connectivity index (χ4v) is 3.28. The predicted molar refractivity (Wildman–Crippen MR) is 102 cm³/mol. The normalized spacial score (nSPS) is 16.3. The first-order chi connectivity index (χ1) is 12.3. The van der Waals surface area contributed by atoms with Crippen molar-refractivity contribution in [2.45, 2.75) is 58.2 Å². The van der Waals surface area contributed by atoms with Crippen molar-refractivity contribution in [3.63, 3.8) is 0 Å². The number of carboxylic acid groups (broad SMARTS) is 1. The number of nitrogens with one attached hydrogen (secondary N) is 1. The Labute approximate surface area is 156 Å². The molecule has 1 aliphatic rings. The van der Waals surface area contributed by atoms with Crippen LogP contribution in [0.2, 0.25) is 0 Å². The summed E-state index contributed by atoms with van der Waals surface area (Å²) in [4.78, 5) is 27.5. The maximum atomic E-state index is 12.7. The Morgan fingerprint density at radius 2 is 1.81 bits per heavy atom. The molecule has 144 valence electrons. The summed E-state index contributed by atoms with van der Waals surface area (Å²) in [6, 6.07) is 10.4. The number of rotatable bonds is 6. The minimum Gasteiger partial charge on any atom is -0.481 e. The van der Waals surface area contributed by atoms with Gasteiger partial charge in [-0.3, -0.25) is 9.69 Å². The van der Waals surface area contributed by atoms with E-state index >= 15 is 0 Å². The van der Waals surface area contributed by atoms with Crippen LogP contribution in [-0.4, -0.2) is 58.1 Å². The lowest BCUT2D eigenvalue weighted by atomic mass is 10.0. The lowest BCUT2D eigenvalue weighted by Gasteiger charge is -2.38. The molecule has 6 heteroatoms. The molecule has 0 radical (unpaired) electrons. The van der Waals surface area contributed by atoms with Crippen molar-refractivity contribution in [1.82, 2.24) is 15.1 Å². The van der Waals surface area contributed by atoms with E-state index in [1.807, 2.05) is 26.8 Å². The zero-order chi connectivity index (χ0) is 19.2. The Morgan fingerprint density at radius 1 is 1.19 bits per heavy atom. The number of amides is 2. The van der Waals surface area contributed by atoms with E-state index in [9.17, 15) is 9.59 Å². The molecule has 1 aliphatic heterocycles. The van der Waals surface area contributed by atoms with E-state index in [0.717, 1.165) is 32.5 Å². The van der Waals surface area contributed by atoms with Crippen molar-refractivity contribution >= 4 is 12.0 Å². The van der Waals surface area contributed by atoms with Crippen LogP contribution in [-0.2, 0) is 11.3 Å². The van der Waals surface area contributed by atoms with Crippen molar-refractivity contribution in [1.29, 1.82) is 0 Å². The number of carboxylic acids is 1. The number of benzene rings is 1. The quantitative estimate of drug-likeness (QED) is 0.817. The van der Waals surface area contributed by atoms with Gasteiger partial charge >= 0.3 is 12.0 Å². The molecule has 0 bridgehead atoms. The molecule has 1 aromatic rings. The molecule has 2 amide bonds. The molecule has 0 saturated carbocycles. The van der Waals surface area contributed by atoms with Gasteiger partial charge in [0, 0.05) is 37.8 Å². The van der Waals surface area contributed by atoms with Gasteiger partial charge in [-0.15, -0.1) is 0 Å². The molecule has 1 fully saturated rings. The first-order valence-electron chi connectivity index (χ1n) is 9.32. The average Bonchev–Trinajstić information content (AvgIpc) is 2.56. The van der Waals surface area contributed by atoms with Crippen LogP contribution >= 0.6 is 0 Å². The number of carbonyl (C=O) groups excluding carboxylic acids is 1. The van der Waals surface area contributed by atoms with Crippen molar-refractivity contribution < 1.29 is 14.7 Å². The standard InChI is InChI=1S/C20H31N3O3/c1-20(2,3)23(14-11-18(24)25)19(26)21-17-9-12-22(13-10-17)15-16-7-5-4-6-8-16/h4-8,17H,9-15H2,1-3H3,(H,21,26)(H,24,25). The monoisotopic (exact) mass is 361 g/mol. The molecule has 0 aliphatic carbocycles. The number of likely N-dealkylation sites (tertiary alicyclic amines) is 1. The predicted octanol–water partition coefficient (Wildman–Crippen LogP) is 2.94. The molecule has 1 heterocycles. The zero-order valence-electron chi connectivity index (χ0n) is 16.1. The zero-order valence-corrected chi connectivity index (χ0v) is 16.1. The summed E-state index contributed by atoms with van der Waals surface area (Å²) in [5, 5.41) is 12.0. The van der Waals surface area contributed by atoms with Gasteiger partial charge < -0.3 is 15.3 Å². The third-order valence-electron chi connectivity index (χ3n) is 4.77. The van der Waals surface area contributed by atoms with Crippen molar-refractivity contribution in [3.05, 3.63) is 35.9 Å². The van der Waals surface area contributed by atoms with E-state index in [0.29, 0.717) is 0 Å². The highest BCUT2D eigenvalue weighted by Gasteiger charge is 2.29. The second-order valence-corrected chi connectivity index (χ2v) is 7.95. The van der Waals surface area contributed by atoms with E-state index in [1.54, 1.807) is 4.90 Å². The van der Waals surface area contributed by atoms with Crippen LogP contribution in [0.5, 0.6) is 0 Å². The van der Waals surface area contributed by atoms with Crippen LogP contribution < -0.4 is 5.32 Å². The largest absolute Gasteiger partial charge is 0.481 e. The Bertz CT molecular complexity index is 590. The lowest BCUT2D eigenvalue weighted by Crippen LogP contribution is -2.54. The second kappa shape index (κ2) is 9.03. The summed E-state index contributed by atoms with van der Waals surface area (Å²) in [7, 11) is 0. The summed E-state index contributed by atoms with van der Waals surface area (Å²) in [5.74, 6) is -0.888.